The van der Waals surface area contributed by atoms with Gasteiger partial charge in [-0.1, -0.05) is 18.2 Å². The maximum absolute atomic E-state index is 12.4. The van der Waals surface area contributed by atoms with Gasteiger partial charge in [0.1, 0.15) is 0 Å². The van der Waals surface area contributed by atoms with Crippen LogP contribution < -0.4 is 16.4 Å². The van der Waals surface area contributed by atoms with Gasteiger partial charge in [-0.05, 0) is 36.4 Å². The molecular weight excluding hydrogens is 384 g/mol. The van der Waals surface area contributed by atoms with Crippen LogP contribution in [0.4, 0.5) is 5.69 Å². The molecule has 0 bridgehead atoms. The van der Waals surface area contributed by atoms with Crippen molar-refractivity contribution in [2.75, 3.05) is 25.5 Å². The number of carbonyl (C=O) groups is 3. The van der Waals surface area contributed by atoms with Crippen molar-refractivity contribution in [3.63, 3.8) is 0 Å². The lowest BCUT2D eigenvalue weighted by atomic mass is 10.2. The monoisotopic (exact) mass is 404 g/mol. The van der Waals surface area contributed by atoms with Gasteiger partial charge in [-0.2, -0.15) is 4.31 Å². The molecule has 2 aromatic rings. The molecule has 0 heterocycles. The molecule has 148 valence electrons. The van der Waals surface area contributed by atoms with Gasteiger partial charge in [0.25, 0.3) is 5.91 Å². The largest absolute Gasteiger partial charge is 0.368 e. The van der Waals surface area contributed by atoms with Crippen LogP contribution in [0.3, 0.4) is 0 Å². The Morgan fingerprint density at radius 3 is 2.18 bits per heavy atom. The minimum absolute atomic E-state index is 0.0941. The fourth-order valence-corrected chi connectivity index (χ4v) is 3.38. The first-order valence-electron chi connectivity index (χ1n) is 8.18. The quantitative estimate of drug-likeness (QED) is 0.575. The second-order valence-corrected chi connectivity index (χ2v) is 7.89. The van der Waals surface area contributed by atoms with Gasteiger partial charge >= 0.3 is 0 Å². The zero-order valence-corrected chi connectivity index (χ0v) is 15.9. The summed E-state index contributed by atoms with van der Waals surface area (Å²) in [6, 6.07) is 13.7. The van der Waals surface area contributed by atoms with E-state index in [1.165, 1.54) is 43.4 Å². The average molecular weight is 404 g/mol. The molecule has 0 aromatic heterocycles. The van der Waals surface area contributed by atoms with Crippen LogP contribution in [0.25, 0.3) is 0 Å². The third-order valence-corrected chi connectivity index (χ3v) is 5.49. The normalized spacial score (nSPS) is 11.1. The zero-order valence-electron chi connectivity index (χ0n) is 15.1. The number of likely N-dealkylation sites (N-methyl/N-ethyl adjacent to an activating group) is 1. The third-order valence-electron chi connectivity index (χ3n) is 3.67. The van der Waals surface area contributed by atoms with Crippen molar-refractivity contribution in [1.29, 1.82) is 0 Å². The number of anilines is 1. The maximum atomic E-state index is 12.4. The molecule has 4 N–H and O–H groups in total. The first-order valence-corrected chi connectivity index (χ1v) is 9.62. The second-order valence-electron chi connectivity index (χ2n) is 5.85. The lowest BCUT2D eigenvalue weighted by Crippen LogP contribution is -2.35. The zero-order chi connectivity index (χ0) is 20.7. The molecule has 10 heteroatoms. The summed E-state index contributed by atoms with van der Waals surface area (Å²) in [5.41, 5.74) is 5.63. The van der Waals surface area contributed by atoms with Gasteiger partial charge in [0.15, 0.2) is 0 Å². The Morgan fingerprint density at radius 1 is 1.00 bits per heavy atom. The van der Waals surface area contributed by atoms with E-state index in [-0.39, 0.29) is 23.5 Å². The first-order chi connectivity index (χ1) is 13.2. The van der Waals surface area contributed by atoms with Crippen LogP contribution in [0.5, 0.6) is 0 Å². The van der Waals surface area contributed by atoms with E-state index in [4.69, 9.17) is 5.73 Å². The van der Waals surface area contributed by atoms with Crippen LogP contribution in [0.15, 0.2) is 59.5 Å². The fourth-order valence-electron chi connectivity index (χ4n) is 2.23. The van der Waals surface area contributed by atoms with Crippen LogP contribution >= 0.6 is 0 Å². The van der Waals surface area contributed by atoms with Crippen LogP contribution in [-0.4, -0.2) is 50.6 Å². The van der Waals surface area contributed by atoms with Gasteiger partial charge in [-0.3, -0.25) is 14.4 Å². The molecule has 0 aliphatic rings. The Morgan fingerprint density at radius 2 is 1.61 bits per heavy atom. The highest BCUT2D eigenvalue weighted by molar-refractivity contribution is 7.89. The van der Waals surface area contributed by atoms with Crippen molar-refractivity contribution in [3.05, 3.63) is 60.2 Å². The van der Waals surface area contributed by atoms with E-state index in [1.807, 2.05) is 0 Å². The Hall–Kier alpha value is -3.24. The molecule has 0 aliphatic carbocycles. The van der Waals surface area contributed by atoms with E-state index in [9.17, 15) is 22.8 Å². The first kappa shape index (κ1) is 21.1. The molecule has 0 radical (unpaired) electrons. The Labute approximate surface area is 162 Å². The summed E-state index contributed by atoms with van der Waals surface area (Å²) in [7, 11) is -2.46. The molecule has 2 rings (SSSR count). The number of benzene rings is 2. The molecule has 0 aliphatic heterocycles. The van der Waals surface area contributed by atoms with Gasteiger partial charge in [0.05, 0.1) is 18.0 Å². The van der Waals surface area contributed by atoms with E-state index in [0.717, 1.165) is 4.31 Å². The van der Waals surface area contributed by atoms with Gasteiger partial charge in [0.2, 0.25) is 21.8 Å². The molecule has 3 amide bonds. The van der Waals surface area contributed by atoms with Crippen LogP contribution in [-0.2, 0) is 19.6 Å². The number of hydrogen-bond donors (Lipinski definition) is 3. The highest BCUT2D eigenvalue weighted by Gasteiger charge is 2.22. The van der Waals surface area contributed by atoms with Crippen molar-refractivity contribution >= 4 is 33.4 Å². The Bertz CT molecular complexity index is 959. The summed E-state index contributed by atoms with van der Waals surface area (Å²) in [6.07, 6.45) is 0. The minimum atomic E-state index is -3.78. The van der Waals surface area contributed by atoms with Crippen molar-refractivity contribution in [3.8, 4) is 0 Å². The molecule has 0 atom stereocenters. The number of nitrogens with one attached hydrogen (secondary N) is 2. The summed E-state index contributed by atoms with van der Waals surface area (Å²) in [4.78, 5) is 34.7. The van der Waals surface area contributed by atoms with Crippen LogP contribution in [0, 0.1) is 0 Å². The van der Waals surface area contributed by atoms with E-state index in [0.29, 0.717) is 5.69 Å². The molecule has 0 saturated carbocycles. The van der Waals surface area contributed by atoms with Crippen molar-refractivity contribution in [2.45, 2.75) is 4.90 Å². The number of carbonyl (C=O) groups excluding carboxylic acids is 3. The SMILES string of the molecule is CN(CC(=O)Nc1ccc(C(=O)NCC(N)=O)cc1)S(=O)(=O)c1ccccc1. The number of primary amides is 1. The molecule has 0 saturated heterocycles. The predicted molar refractivity (Wildman–Crippen MR) is 103 cm³/mol. The van der Waals surface area contributed by atoms with Crippen LogP contribution in [0.1, 0.15) is 10.4 Å². The highest BCUT2D eigenvalue weighted by Crippen LogP contribution is 2.14. The smallest absolute Gasteiger partial charge is 0.251 e. The van der Waals surface area contributed by atoms with Gasteiger partial charge < -0.3 is 16.4 Å². The Kier molecular flexibility index (Phi) is 6.85. The van der Waals surface area contributed by atoms with E-state index in [1.54, 1.807) is 18.2 Å². The van der Waals surface area contributed by atoms with Gasteiger partial charge in [-0.25, -0.2) is 8.42 Å². The molecular formula is C18H20N4O5S. The van der Waals surface area contributed by atoms with Gasteiger partial charge in [0, 0.05) is 18.3 Å². The standard InChI is InChI=1S/C18H20N4O5S/c1-22(28(26,27)15-5-3-2-4-6-15)12-17(24)21-14-9-7-13(8-10-14)18(25)20-11-16(19)23/h2-10H,11-12H2,1H3,(H2,19,23)(H,20,25)(H,21,24). The summed E-state index contributed by atoms with van der Waals surface area (Å²) in [6.45, 7) is -0.655. The predicted octanol–water partition coefficient (Wildman–Crippen LogP) is 0.161. The van der Waals surface area contributed by atoms with E-state index >= 15 is 0 Å². The van der Waals surface area contributed by atoms with Crippen molar-refractivity contribution in [1.82, 2.24) is 9.62 Å². The molecule has 2 aromatic carbocycles. The second kappa shape index (κ2) is 9.11. The van der Waals surface area contributed by atoms with E-state index < -0.39 is 27.7 Å². The van der Waals surface area contributed by atoms with E-state index in [2.05, 4.69) is 10.6 Å². The molecule has 0 fully saturated rings. The lowest BCUT2D eigenvalue weighted by Gasteiger charge is -2.17. The average Bonchev–Trinajstić information content (AvgIpc) is 2.67. The fraction of sp³-hybridized carbons (Fsp3) is 0.167. The summed E-state index contributed by atoms with van der Waals surface area (Å²) in [5, 5.41) is 4.90. The third kappa shape index (κ3) is 5.63. The molecule has 0 spiro atoms. The maximum Gasteiger partial charge on any atom is 0.251 e. The van der Waals surface area contributed by atoms with Crippen LogP contribution in [0.2, 0.25) is 0 Å². The number of nitrogens with two attached hydrogens (primary N) is 1. The lowest BCUT2D eigenvalue weighted by molar-refractivity contribution is -0.117. The highest BCUT2D eigenvalue weighted by atomic mass is 32.2. The van der Waals surface area contributed by atoms with Crippen molar-refractivity contribution < 1.29 is 22.8 Å². The minimum Gasteiger partial charge on any atom is -0.368 e. The molecule has 28 heavy (non-hydrogen) atoms. The number of amides is 3. The van der Waals surface area contributed by atoms with Crippen molar-refractivity contribution in [2.24, 2.45) is 5.73 Å². The number of nitrogens with zero attached hydrogens (tertiary/aromatic N) is 1. The molecule has 9 nitrogen and oxygen atoms in total. The summed E-state index contributed by atoms with van der Waals surface area (Å²) < 4.78 is 25.8. The Balaban J connectivity index is 1.96. The van der Waals surface area contributed by atoms with Gasteiger partial charge in [-0.15, -0.1) is 0 Å². The number of rotatable bonds is 8. The number of sulfonamides is 1. The number of hydrogen-bond acceptors (Lipinski definition) is 5. The summed E-state index contributed by atoms with van der Waals surface area (Å²) in [5.74, 6) is -1.68. The molecule has 0 unspecified atom stereocenters. The topological polar surface area (TPSA) is 139 Å². The summed E-state index contributed by atoms with van der Waals surface area (Å²) >= 11 is 0.